The molecule has 82 valence electrons. The van der Waals surface area contributed by atoms with Crippen molar-refractivity contribution in [2.75, 3.05) is 11.9 Å². The second-order valence-electron chi connectivity index (χ2n) is 4.31. The van der Waals surface area contributed by atoms with Crippen LogP contribution in [0.2, 0.25) is 0 Å². The van der Waals surface area contributed by atoms with Gasteiger partial charge in [0.15, 0.2) is 0 Å². The number of hydrogen-bond acceptors (Lipinski definition) is 2. The lowest BCUT2D eigenvalue weighted by Crippen LogP contribution is -2.18. The van der Waals surface area contributed by atoms with Crippen LogP contribution in [0.25, 0.3) is 0 Å². The Morgan fingerprint density at radius 2 is 2.33 bits per heavy atom. The first kappa shape index (κ1) is 10.7. The van der Waals surface area contributed by atoms with Crippen LogP contribution < -0.4 is 5.32 Å². The molecule has 3 heteroatoms. The number of anilines is 1. The Hall–Kier alpha value is -0.760. The average Bonchev–Trinajstić information content (AvgIpc) is 2.63. The van der Waals surface area contributed by atoms with E-state index in [9.17, 15) is 0 Å². The van der Waals surface area contributed by atoms with Gasteiger partial charge in [0.05, 0.1) is 0 Å². The van der Waals surface area contributed by atoms with Crippen molar-refractivity contribution in [3.8, 4) is 0 Å². The molecular weight excluding hydrogens is 208 g/mol. The Morgan fingerprint density at radius 3 is 2.93 bits per heavy atom. The third-order valence-corrected chi connectivity index (χ3v) is 3.60. The summed E-state index contributed by atoms with van der Waals surface area (Å²) in [5, 5.41) is 3.70. The van der Waals surface area contributed by atoms with E-state index in [1.165, 1.54) is 18.4 Å². The zero-order valence-corrected chi connectivity index (χ0v) is 9.80. The molecule has 1 saturated carbocycles. The van der Waals surface area contributed by atoms with E-state index in [1.807, 2.05) is 19.2 Å². The zero-order valence-electron chi connectivity index (χ0n) is 9.04. The molecule has 2 nitrogen and oxygen atoms in total. The maximum atomic E-state index is 6.21. The SMILES string of the molecule is Cc1ccc(NCC2CCCC2Cl)nc1. The quantitative estimate of drug-likeness (QED) is 0.798. The number of alkyl halides is 1. The standard InChI is InChI=1S/C12H17ClN2/c1-9-5-6-12(14-7-9)15-8-10-3-2-4-11(10)13/h5-7,10-11H,2-4,8H2,1H3,(H,14,15). The van der Waals surface area contributed by atoms with Crippen molar-refractivity contribution in [2.45, 2.75) is 31.6 Å². The minimum absolute atomic E-state index is 0.350. The minimum atomic E-state index is 0.350. The van der Waals surface area contributed by atoms with Gasteiger partial charge in [-0.3, -0.25) is 0 Å². The van der Waals surface area contributed by atoms with Crippen molar-refractivity contribution in [3.05, 3.63) is 23.9 Å². The molecule has 15 heavy (non-hydrogen) atoms. The van der Waals surface area contributed by atoms with Crippen molar-refractivity contribution in [2.24, 2.45) is 5.92 Å². The summed E-state index contributed by atoms with van der Waals surface area (Å²) in [6, 6.07) is 4.09. The fourth-order valence-corrected chi connectivity index (χ4v) is 2.40. The molecule has 1 heterocycles. The average molecular weight is 225 g/mol. The van der Waals surface area contributed by atoms with E-state index in [2.05, 4.69) is 16.4 Å². The van der Waals surface area contributed by atoms with E-state index in [0.29, 0.717) is 11.3 Å². The van der Waals surface area contributed by atoms with Gasteiger partial charge in [-0.1, -0.05) is 12.5 Å². The molecule has 1 N–H and O–H groups in total. The van der Waals surface area contributed by atoms with E-state index >= 15 is 0 Å². The Morgan fingerprint density at radius 1 is 1.47 bits per heavy atom. The summed E-state index contributed by atoms with van der Waals surface area (Å²) in [6.07, 6.45) is 5.55. The van der Waals surface area contributed by atoms with Gasteiger partial charge < -0.3 is 5.32 Å². The van der Waals surface area contributed by atoms with Gasteiger partial charge in [0.1, 0.15) is 5.82 Å². The van der Waals surface area contributed by atoms with Crippen LogP contribution >= 0.6 is 11.6 Å². The van der Waals surface area contributed by atoms with Crippen LogP contribution in [0.4, 0.5) is 5.82 Å². The van der Waals surface area contributed by atoms with Crippen LogP contribution in [0.15, 0.2) is 18.3 Å². The summed E-state index contributed by atoms with van der Waals surface area (Å²) in [4.78, 5) is 4.31. The van der Waals surface area contributed by atoms with E-state index in [-0.39, 0.29) is 0 Å². The van der Waals surface area contributed by atoms with Gasteiger partial charge in [-0.15, -0.1) is 11.6 Å². The number of halogens is 1. The molecule has 2 rings (SSSR count). The zero-order chi connectivity index (χ0) is 10.7. The molecule has 0 amide bonds. The van der Waals surface area contributed by atoms with Gasteiger partial charge in [0.25, 0.3) is 0 Å². The third kappa shape index (κ3) is 2.85. The lowest BCUT2D eigenvalue weighted by Gasteiger charge is -2.14. The van der Waals surface area contributed by atoms with E-state index in [0.717, 1.165) is 18.8 Å². The van der Waals surface area contributed by atoms with Crippen molar-refractivity contribution >= 4 is 17.4 Å². The Bertz CT molecular complexity index is 310. The van der Waals surface area contributed by atoms with E-state index in [4.69, 9.17) is 11.6 Å². The Labute approximate surface area is 96.1 Å². The molecule has 1 fully saturated rings. The number of rotatable bonds is 3. The summed E-state index contributed by atoms with van der Waals surface area (Å²) < 4.78 is 0. The third-order valence-electron chi connectivity index (χ3n) is 3.02. The Kier molecular flexibility index (Phi) is 3.47. The summed E-state index contributed by atoms with van der Waals surface area (Å²) in [7, 11) is 0. The molecule has 0 spiro atoms. The highest BCUT2D eigenvalue weighted by Crippen LogP contribution is 2.30. The molecule has 1 aliphatic carbocycles. The molecule has 1 aromatic rings. The summed E-state index contributed by atoms with van der Waals surface area (Å²) in [5.74, 6) is 1.56. The molecule has 1 aromatic heterocycles. The molecule has 2 atom stereocenters. The highest BCUT2D eigenvalue weighted by Gasteiger charge is 2.24. The molecule has 0 radical (unpaired) electrons. The molecule has 0 aliphatic heterocycles. The van der Waals surface area contributed by atoms with E-state index < -0.39 is 0 Å². The van der Waals surface area contributed by atoms with Crippen LogP contribution in [0.1, 0.15) is 24.8 Å². The molecule has 0 aromatic carbocycles. The number of nitrogens with zero attached hydrogens (tertiary/aromatic N) is 1. The van der Waals surface area contributed by atoms with Crippen LogP contribution in [0.5, 0.6) is 0 Å². The molecular formula is C12H17ClN2. The van der Waals surface area contributed by atoms with Crippen molar-refractivity contribution < 1.29 is 0 Å². The molecule has 0 saturated heterocycles. The predicted molar refractivity (Wildman–Crippen MR) is 64.4 cm³/mol. The number of hydrogen-bond donors (Lipinski definition) is 1. The summed E-state index contributed by atoms with van der Waals surface area (Å²) >= 11 is 6.21. The minimum Gasteiger partial charge on any atom is -0.370 e. The summed E-state index contributed by atoms with van der Waals surface area (Å²) in [6.45, 7) is 2.99. The van der Waals surface area contributed by atoms with Crippen LogP contribution in [-0.2, 0) is 0 Å². The normalized spacial score (nSPS) is 25.5. The number of aromatic nitrogens is 1. The number of pyridine rings is 1. The monoisotopic (exact) mass is 224 g/mol. The highest BCUT2D eigenvalue weighted by atomic mass is 35.5. The van der Waals surface area contributed by atoms with Crippen LogP contribution in [0, 0.1) is 12.8 Å². The smallest absolute Gasteiger partial charge is 0.125 e. The lowest BCUT2D eigenvalue weighted by atomic mass is 10.1. The first-order chi connectivity index (χ1) is 7.25. The first-order valence-corrected chi connectivity index (χ1v) is 6.00. The van der Waals surface area contributed by atoms with Gasteiger partial charge in [-0.2, -0.15) is 0 Å². The first-order valence-electron chi connectivity index (χ1n) is 5.56. The number of aryl methyl sites for hydroxylation is 1. The van der Waals surface area contributed by atoms with E-state index in [1.54, 1.807) is 0 Å². The second-order valence-corrected chi connectivity index (χ2v) is 4.87. The molecule has 0 bridgehead atoms. The molecule has 1 aliphatic rings. The topological polar surface area (TPSA) is 24.9 Å². The fourth-order valence-electron chi connectivity index (χ4n) is 2.03. The second kappa shape index (κ2) is 4.84. The van der Waals surface area contributed by atoms with Gasteiger partial charge >= 0.3 is 0 Å². The maximum Gasteiger partial charge on any atom is 0.125 e. The van der Waals surface area contributed by atoms with Crippen molar-refractivity contribution in [3.63, 3.8) is 0 Å². The lowest BCUT2D eigenvalue weighted by molar-refractivity contribution is 0.585. The van der Waals surface area contributed by atoms with Gasteiger partial charge in [0, 0.05) is 18.1 Å². The van der Waals surface area contributed by atoms with Gasteiger partial charge in [0.2, 0.25) is 0 Å². The Balaban J connectivity index is 1.85. The summed E-state index contributed by atoms with van der Waals surface area (Å²) in [5.41, 5.74) is 1.19. The van der Waals surface area contributed by atoms with Gasteiger partial charge in [-0.25, -0.2) is 4.98 Å². The number of nitrogens with one attached hydrogen (secondary N) is 1. The highest BCUT2D eigenvalue weighted by molar-refractivity contribution is 6.20. The van der Waals surface area contributed by atoms with Gasteiger partial charge in [-0.05, 0) is 37.3 Å². The maximum absolute atomic E-state index is 6.21. The molecule has 2 unspecified atom stereocenters. The predicted octanol–water partition coefficient (Wildman–Crippen LogP) is 3.21. The fraction of sp³-hybridized carbons (Fsp3) is 0.583. The van der Waals surface area contributed by atoms with Crippen molar-refractivity contribution in [1.82, 2.24) is 4.98 Å². The van der Waals surface area contributed by atoms with Crippen LogP contribution in [-0.4, -0.2) is 16.9 Å². The largest absolute Gasteiger partial charge is 0.370 e. The van der Waals surface area contributed by atoms with Crippen LogP contribution in [0.3, 0.4) is 0 Å². The van der Waals surface area contributed by atoms with Crippen molar-refractivity contribution in [1.29, 1.82) is 0 Å².